The highest BCUT2D eigenvalue weighted by molar-refractivity contribution is 6.58. The smallest absolute Gasteiger partial charge is 0.433 e. The first-order valence-corrected chi connectivity index (χ1v) is 17.2. The third-order valence-corrected chi connectivity index (χ3v) is 12.1. The van der Waals surface area contributed by atoms with Crippen molar-refractivity contribution in [3.8, 4) is 11.5 Å². The number of hydrazine groups is 1. The van der Waals surface area contributed by atoms with E-state index in [-0.39, 0.29) is 35.1 Å². The number of aromatic nitrogens is 1. The number of imide groups is 2. The van der Waals surface area contributed by atoms with Gasteiger partial charge in [-0.05, 0) is 72.9 Å². The minimum atomic E-state index is -4.85. The first-order valence-electron chi connectivity index (χ1n) is 16.1. The summed E-state index contributed by atoms with van der Waals surface area (Å²) in [6, 6.07) is 10.6. The van der Waals surface area contributed by atoms with E-state index < -0.39 is 80.6 Å². The lowest BCUT2D eigenvalue weighted by molar-refractivity contribution is -0.141. The van der Waals surface area contributed by atoms with Crippen LogP contribution in [-0.2, 0) is 25.4 Å². The van der Waals surface area contributed by atoms with Crippen molar-refractivity contribution < 1.29 is 46.6 Å². The molecule has 10 nitrogen and oxygen atoms in total. The SMILES string of the molecule is COc1cc(C=C[C@H]2C3=CC[C@@H]4C(=O)N(N(C)c5nc(C(F)(F)F)ccc5Cl)C(=O)[C@@H]4[C@@H]3C[C@@]3(Cl)C(=O)N(c4ccc(F)cc4)C(=O)[C@@]23Cl)ccc1O. The predicted molar refractivity (Wildman–Crippen MR) is 186 cm³/mol. The number of nitrogens with zero attached hydrogens (tertiary/aromatic N) is 4. The van der Waals surface area contributed by atoms with Gasteiger partial charge in [-0.3, -0.25) is 24.2 Å². The number of phenolic OH excluding ortho intramolecular Hbond substituents is 1. The minimum Gasteiger partial charge on any atom is -0.504 e. The number of amides is 4. The van der Waals surface area contributed by atoms with Crippen molar-refractivity contribution >= 4 is 76.0 Å². The van der Waals surface area contributed by atoms with Crippen LogP contribution in [0.3, 0.4) is 0 Å². The molecule has 276 valence electrons. The van der Waals surface area contributed by atoms with E-state index in [1.165, 1.54) is 38.4 Å². The number of carbonyl (C=O) groups excluding carboxylic acids is 4. The summed E-state index contributed by atoms with van der Waals surface area (Å²) in [6.07, 6.45) is -0.475. The molecule has 53 heavy (non-hydrogen) atoms. The summed E-state index contributed by atoms with van der Waals surface area (Å²) in [5, 5.41) is 11.4. The molecule has 0 unspecified atom stereocenters. The van der Waals surface area contributed by atoms with Crippen molar-refractivity contribution in [2.75, 3.05) is 24.1 Å². The molecule has 3 heterocycles. The van der Waals surface area contributed by atoms with E-state index >= 15 is 0 Å². The lowest BCUT2D eigenvalue weighted by atomic mass is 9.57. The molecule has 2 saturated heterocycles. The molecule has 7 rings (SSSR count). The molecule has 1 saturated carbocycles. The summed E-state index contributed by atoms with van der Waals surface area (Å²) in [5.74, 6) is -8.84. The van der Waals surface area contributed by atoms with E-state index in [0.717, 1.165) is 28.1 Å². The molecule has 4 amide bonds. The number of hydrogen-bond donors (Lipinski definition) is 1. The maximum Gasteiger partial charge on any atom is 0.433 e. The van der Waals surface area contributed by atoms with Crippen molar-refractivity contribution in [2.24, 2.45) is 23.7 Å². The van der Waals surface area contributed by atoms with Gasteiger partial charge in [0.05, 0.1) is 29.7 Å². The van der Waals surface area contributed by atoms with Crippen LogP contribution in [0.5, 0.6) is 11.5 Å². The average molecular weight is 794 g/mol. The van der Waals surface area contributed by atoms with Gasteiger partial charge in [0.15, 0.2) is 27.1 Å². The van der Waals surface area contributed by atoms with E-state index in [9.17, 15) is 41.8 Å². The van der Waals surface area contributed by atoms with Crippen molar-refractivity contribution in [3.63, 3.8) is 0 Å². The first kappa shape index (κ1) is 36.7. The van der Waals surface area contributed by atoms with Crippen LogP contribution < -0.4 is 14.6 Å². The fourth-order valence-electron chi connectivity index (χ4n) is 7.84. The molecule has 2 aliphatic heterocycles. The number of ether oxygens (including phenoxy) is 1. The number of hydrogen-bond acceptors (Lipinski definition) is 8. The number of benzene rings is 2. The van der Waals surface area contributed by atoms with Crippen LogP contribution in [0.2, 0.25) is 5.02 Å². The number of allylic oxidation sites excluding steroid dienone is 3. The average Bonchev–Trinajstić information content (AvgIpc) is 3.45. The molecule has 0 bridgehead atoms. The number of carbonyl (C=O) groups is 4. The lowest BCUT2D eigenvalue weighted by Gasteiger charge is -2.49. The number of alkyl halides is 5. The van der Waals surface area contributed by atoms with Crippen LogP contribution in [0.4, 0.5) is 29.1 Å². The standard InChI is InChI=1S/C36H27Cl3F4N4O6/c1-45(29-24(37)12-14-27(44-29)36(41,42)43)47-30(49)21-10-9-20-22(28(21)31(47)50)16-34(38)32(51)46(19-7-5-18(40)6-8-19)33(52)35(34,39)23(20)11-3-17-4-13-25(48)26(15-17)53-2/h3-9,11-15,21-23,28,48H,10,16H2,1-2H3/t21-,22+,23-,28-,34+,35-/m0/s1. The van der Waals surface area contributed by atoms with Gasteiger partial charge in [-0.2, -0.15) is 18.2 Å². The summed E-state index contributed by atoms with van der Waals surface area (Å²) in [7, 11) is 2.54. The highest BCUT2D eigenvalue weighted by Gasteiger charge is 2.76. The van der Waals surface area contributed by atoms with Gasteiger partial charge in [0.2, 0.25) is 0 Å². The summed E-state index contributed by atoms with van der Waals surface area (Å²) < 4.78 is 59.8. The molecule has 1 N–H and O–H groups in total. The monoisotopic (exact) mass is 792 g/mol. The molecule has 2 aromatic carbocycles. The van der Waals surface area contributed by atoms with Crippen molar-refractivity contribution in [1.82, 2.24) is 9.99 Å². The molecular weight excluding hydrogens is 767 g/mol. The third-order valence-electron chi connectivity index (χ3n) is 10.3. The Morgan fingerprint density at radius 2 is 1.70 bits per heavy atom. The van der Waals surface area contributed by atoms with Crippen molar-refractivity contribution in [3.05, 3.63) is 94.4 Å². The fourth-order valence-corrected chi connectivity index (χ4v) is 8.96. The number of fused-ring (bicyclic) bond motifs is 4. The lowest BCUT2D eigenvalue weighted by Crippen LogP contribution is -2.60. The Labute approximate surface area is 314 Å². The Bertz CT molecular complexity index is 2150. The zero-order chi connectivity index (χ0) is 38.4. The zero-order valence-corrected chi connectivity index (χ0v) is 29.8. The van der Waals surface area contributed by atoms with E-state index in [2.05, 4.69) is 4.98 Å². The number of halogens is 7. The van der Waals surface area contributed by atoms with E-state index in [4.69, 9.17) is 39.5 Å². The Morgan fingerprint density at radius 1 is 1.00 bits per heavy atom. The normalized spacial score (nSPS) is 28.3. The van der Waals surface area contributed by atoms with Crippen molar-refractivity contribution in [1.29, 1.82) is 0 Å². The third kappa shape index (κ3) is 5.47. The largest absolute Gasteiger partial charge is 0.504 e. The molecule has 0 spiro atoms. The minimum absolute atomic E-state index is 0.00191. The van der Waals surface area contributed by atoms with Gasteiger partial charge < -0.3 is 9.84 Å². The Balaban J connectivity index is 1.33. The first-order chi connectivity index (χ1) is 24.9. The second-order valence-electron chi connectivity index (χ2n) is 13.1. The van der Waals surface area contributed by atoms with Crippen LogP contribution in [0, 0.1) is 29.5 Å². The van der Waals surface area contributed by atoms with E-state index in [1.54, 1.807) is 24.3 Å². The maximum atomic E-state index is 14.4. The number of aromatic hydroxyl groups is 1. The van der Waals surface area contributed by atoms with Crippen LogP contribution >= 0.6 is 34.8 Å². The maximum absolute atomic E-state index is 14.4. The molecule has 6 atom stereocenters. The number of pyridine rings is 1. The van der Waals surface area contributed by atoms with Crippen LogP contribution in [0.15, 0.2) is 72.3 Å². The van der Waals surface area contributed by atoms with Gasteiger partial charge in [0.25, 0.3) is 23.6 Å². The molecule has 4 aliphatic rings. The van der Waals surface area contributed by atoms with Crippen LogP contribution in [0.25, 0.3) is 6.08 Å². The van der Waals surface area contributed by atoms with Gasteiger partial charge in [-0.15, -0.1) is 23.2 Å². The topological polar surface area (TPSA) is 120 Å². The van der Waals surface area contributed by atoms with Gasteiger partial charge in [-0.25, -0.2) is 14.3 Å². The van der Waals surface area contributed by atoms with Gasteiger partial charge in [0, 0.05) is 13.0 Å². The summed E-state index contributed by atoms with van der Waals surface area (Å²) in [6.45, 7) is 0. The number of phenols is 1. The molecule has 3 fully saturated rings. The summed E-state index contributed by atoms with van der Waals surface area (Å²) >= 11 is 20.8. The van der Waals surface area contributed by atoms with E-state index in [0.29, 0.717) is 22.2 Å². The molecule has 3 aromatic rings. The van der Waals surface area contributed by atoms with Gasteiger partial charge >= 0.3 is 6.18 Å². The van der Waals surface area contributed by atoms with Gasteiger partial charge in [-0.1, -0.05) is 41.5 Å². The zero-order valence-electron chi connectivity index (χ0n) is 27.6. The van der Waals surface area contributed by atoms with E-state index in [1.807, 2.05) is 0 Å². The predicted octanol–water partition coefficient (Wildman–Crippen LogP) is 6.77. The van der Waals surface area contributed by atoms with Gasteiger partial charge in [0.1, 0.15) is 11.5 Å². The number of rotatable bonds is 6. The Hall–Kier alpha value is -4.66. The molecule has 2 aliphatic carbocycles. The quantitative estimate of drug-likeness (QED) is 0.126. The molecule has 0 radical (unpaired) electrons. The molecule has 17 heteroatoms. The Kier molecular flexibility index (Phi) is 8.82. The Morgan fingerprint density at radius 3 is 2.36 bits per heavy atom. The summed E-state index contributed by atoms with van der Waals surface area (Å²) in [4.78, 5) is 57.0. The number of anilines is 2. The highest BCUT2D eigenvalue weighted by Crippen LogP contribution is 2.63. The second kappa shape index (κ2) is 12.7. The van der Waals surface area contributed by atoms with Crippen LogP contribution in [0.1, 0.15) is 24.1 Å². The second-order valence-corrected chi connectivity index (χ2v) is 14.7. The van der Waals surface area contributed by atoms with Crippen LogP contribution in [-0.4, -0.2) is 62.6 Å². The number of methoxy groups -OCH3 is 1. The molecular formula is C36H27Cl3F4N4O6. The highest BCUT2D eigenvalue weighted by atomic mass is 35.5. The molecule has 1 aromatic heterocycles. The summed E-state index contributed by atoms with van der Waals surface area (Å²) in [5.41, 5.74) is -0.367. The fraction of sp³-hybridized carbons (Fsp3) is 0.306. The van der Waals surface area contributed by atoms with Crippen molar-refractivity contribution in [2.45, 2.75) is 28.8 Å².